The first kappa shape index (κ1) is 9.49. The lowest BCUT2D eigenvalue weighted by molar-refractivity contribution is 0.674. The fraction of sp³-hybridized carbons (Fsp3) is 0.444. The van der Waals surface area contributed by atoms with E-state index >= 15 is 0 Å². The van der Waals surface area contributed by atoms with Crippen molar-refractivity contribution in [3.63, 3.8) is 0 Å². The average Bonchev–Trinajstić information content (AvgIpc) is 2.86. The molecule has 12 heavy (non-hydrogen) atoms. The van der Waals surface area contributed by atoms with Gasteiger partial charge in [0.15, 0.2) is 0 Å². The summed E-state index contributed by atoms with van der Waals surface area (Å²) in [6, 6.07) is 6.80. The summed E-state index contributed by atoms with van der Waals surface area (Å²) in [4.78, 5) is 4.22. The van der Waals surface area contributed by atoms with Crippen LogP contribution in [0.5, 0.6) is 0 Å². The van der Waals surface area contributed by atoms with Gasteiger partial charge in [0.05, 0.1) is 5.69 Å². The van der Waals surface area contributed by atoms with Gasteiger partial charge in [-0.25, -0.2) is 0 Å². The number of nitrogens with zero attached hydrogens (tertiary/aromatic N) is 1. The quantitative estimate of drug-likeness (QED) is 0.775. The average molecular weight is 185 g/mol. The van der Waals surface area contributed by atoms with E-state index in [0.29, 0.717) is 0 Å². The highest BCUT2D eigenvalue weighted by atomic mass is 35.5. The standard InChI is InChI=1S/C9H12N2.ClH/c1-2-6-10-9(3-1)7-11-8-4-5-8;/h1-3,6,8,11H,4-5,7H2;1H. The number of halogens is 1. The molecule has 0 unspecified atom stereocenters. The van der Waals surface area contributed by atoms with E-state index in [9.17, 15) is 0 Å². The summed E-state index contributed by atoms with van der Waals surface area (Å²) in [5.41, 5.74) is 1.14. The van der Waals surface area contributed by atoms with Crippen LogP contribution in [0.4, 0.5) is 0 Å². The maximum atomic E-state index is 4.22. The molecule has 66 valence electrons. The second-order valence-electron chi connectivity index (χ2n) is 2.98. The summed E-state index contributed by atoms with van der Waals surface area (Å²) < 4.78 is 0. The van der Waals surface area contributed by atoms with Crippen molar-refractivity contribution in [2.75, 3.05) is 0 Å². The third kappa shape index (κ3) is 2.80. The molecule has 1 N–H and O–H groups in total. The Labute approximate surface area is 78.8 Å². The molecular weight excluding hydrogens is 172 g/mol. The van der Waals surface area contributed by atoms with Gasteiger partial charge in [0, 0.05) is 18.8 Å². The van der Waals surface area contributed by atoms with Crippen molar-refractivity contribution in [2.24, 2.45) is 0 Å². The Bertz CT molecular complexity index is 221. The Morgan fingerprint density at radius 2 is 2.25 bits per heavy atom. The lowest BCUT2D eigenvalue weighted by Gasteiger charge is -1.99. The van der Waals surface area contributed by atoms with E-state index in [1.807, 2.05) is 18.3 Å². The summed E-state index contributed by atoms with van der Waals surface area (Å²) >= 11 is 0. The molecule has 0 aliphatic heterocycles. The molecule has 2 nitrogen and oxygen atoms in total. The van der Waals surface area contributed by atoms with Gasteiger partial charge >= 0.3 is 0 Å². The molecule has 1 aliphatic carbocycles. The molecule has 2 rings (SSSR count). The monoisotopic (exact) mass is 184 g/mol. The Kier molecular flexibility index (Phi) is 3.50. The van der Waals surface area contributed by atoms with Crippen LogP contribution in [0.3, 0.4) is 0 Å². The first-order valence-corrected chi connectivity index (χ1v) is 4.08. The molecule has 0 spiro atoms. The molecule has 1 fully saturated rings. The number of hydrogen-bond donors (Lipinski definition) is 1. The Morgan fingerprint density at radius 1 is 1.42 bits per heavy atom. The highest BCUT2D eigenvalue weighted by Gasteiger charge is 2.19. The van der Waals surface area contributed by atoms with Gasteiger partial charge in [0.25, 0.3) is 0 Å². The van der Waals surface area contributed by atoms with Gasteiger partial charge < -0.3 is 5.32 Å². The van der Waals surface area contributed by atoms with Crippen LogP contribution < -0.4 is 5.32 Å². The van der Waals surface area contributed by atoms with Crippen LogP contribution >= 0.6 is 12.4 Å². The number of nitrogens with one attached hydrogen (secondary N) is 1. The van der Waals surface area contributed by atoms with Crippen molar-refractivity contribution in [1.82, 2.24) is 10.3 Å². The molecule has 0 saturated heterocycles. The number of hydrogen-bond acceptors (Lipinski definition) is 2. The van der Waals surface area contributed by atoms with Crippen molar-refractivity contribution in [2.45, 2.75) is 25.4 Å². The van der Waals surface area contributed by atoms with Gasteiger partial charge in [-0.15, -0.1) is 12.4 Å². The largest absolute Gasteiger partial charge is 0.308 e. The zero-order valence-corrected chi connectivity index (χ0v) is 7.68. The van der Waals surface area contributed by atoms with Crippen LogP contribution in [-0.4, -0.2) is 11.0 Å². The normalized spacial score (nSPS) is 15.3. The third-order valence-electron chi connectivity index (χ3n) is 1.88. The minimum absolute atomic E-state index is 0. The highest BCUT2D eigenvalue weighted by molar-refractivity contribution is 5.85. The SMILES string of the molecule is Cl.c1ccc(CNC2CC2)nc1. The molecule has 3 heteroatoms. The third-order valence-corrected chi connectivity index (χ3v) is 1.88. The Balaban J connectivity index is 0.000000720. The van der Waals surface area contributed by atoms with E-state index < -0.39 is 0 Å². The molecule has 0 bridgehead atoms. The van der Waals surface area contributed by atoms with Gasteiger partial charge in [-0.3, -0.25) is 4.98 Å². The van der Waals surface area contributed by atoms with E-state index in [2.05, 4.69) is 16.4 Å². The molecular formula is C9H13ClN2. The molecule has 1 aliphatic rings. The minimum atomic E-state index is 0. The Morgan fingerprint density at radius 3 is 2.83 bits per heavy atom. The van der Waals surface area contributed by atoms with E-state index in [1.165, 1.54) is 12.8 Å². The highest BCUT2D eigenvalue weighted by Crippen LogP contribution is 2.18. The molecule has 1 aromatic heterocycles. The van der Waals surface area contributed by atoms with E-state index in [4.69, 9.17) is 0 Å². The predicted octanol–water partition coefficient (Wildman–Crippen LogP) is 1.76. The summed E-state index contributed by atoms with van der Waals surface area (Å²) in [6.45, 7) is 0.922. The van der Waals surface area contributed by atoms with Crippen LogP contribution in [0.15, 0.2) is 24.4 Å². The van der Waals surface area contributed by atoms with Crippen LogP contribution in [0, 0.1) is 0 Å². The minimum Gasteiger partial charge on any atom is -0.308 e. The molecule has 0 radical (unpaired) electrons. The molecule has 0 aromatic carbocycles. The van der Waals surface area contributed by atoms with Crippen LogP contribution in [0.1, 0.15) is 18.5 Å². The molecule has 0 atom stereocenters. The second kappa shape index (κ2) is 4.43. The zero-order valence-electron chi connectivity index (χ0n) is 6.86. The predicted molar refractivity (Wildman–Crippen MR) is 51.3 cm³/mol. The molecule has 1 aromatic rings. The zero-order chi connectivity index (χ0) is 7.52. The molecule has 1 saturated carbocycles. The van der Waals surface area contributed by atoms with Crippen LogP contribution in [-0.2, 0) is 6.54 Å². The van der Waals surface area contributed by atoms with Gasteiger partial charge in [0.2, 0.25) is 0 Å². The first-order valence-electron chi connectivity index (χ1n) is 4.08. The maximum absolute atomic E-state index is 4.22. The Hall–Kier alpha value is -0.600. The van der Waals surface area contributed by atoms with Gasteiger partial charge in [0.1, 0.15) is 0 Å². The second-order valence-corrected chi connectivity index (χ2v) is 2.98. The summed E-state index contributed by atoms with van der Waals surface area (Å²) in [6.07, 6.45) is 4.52. The van der Waals surface area contributed by atoms with Crippen molar-refractivity contribution < 1.29 is 0 Å². The van der Waals surface area contributed by atoms with Crippen molar-refractivity contribution in [1.29, 1.82) is 0 Å². The van der Waals surface area contributed by atoms with Gasteiger partial charge in [-0.05, 0) is 25.0 Å². The van der Waals surface area contributed by atoms with Crippen molar-refractivity contribution >= 4 is 12.4 Å². The lowest BCUT2D eigenvalue weighted by Crippen LogP contribution is -2.15. The maximum Gasteiger partial charge on any atom is 0.0541 e. The number of rotatable bonds is 3. The number of pyridine rings is 1. The fourth-order valence-electron chi connectivity index (χ4n) is 1.04. The fourth-order valence-corrected chi connectivity index (χ4v) is 1.04. The van der Waals surface area contributed by atoms with Crippen molar-refractivity contribution in [3.05, 3.63) is 30.1 Å². The van der Waals surface area contributed by atoms with Crippen molar-refractivity contribution in [3.8, 4) is 0 Å². The van der Waals surface area contributed by atoms with E-state index in [-0.39, 0.29) is 12.4 Å². The first-order chi connectivity index (χ1) is 5.45. The van der Waals surface area contributed by atoms with Gasteiger partial charge in [-0.1, -0.05) is 6.07 Å². The van der Waals surface area contributed by atoms with E-state index in [0.717, 1.165) is 18.3 Å². The summed E-state index contributed by atoms with van der Waals surface area (Å²) in [5, 5.41) is 3.41. The summed E-state index contributed by atoms with van der Waals surface area (Å²) in [5.74, 6) is 0. The molecule has 1 heterocycles. The molecule has 0 amide bonds. The smallest absolute Gasteiger partial charge is 0.0541 e. The van der Waals surface area contributed by atoms with Crippen LogP contribution in [0.25, 0.3) is 0 Å². The van der Waals surface area contributed by atoms with E-state index in [1.54, 1.807) is 0 Å². The topological polar surface area (TPSA) is 24.9 Å². The number of aromatic nitrogens is 1. The van der Waals surface area contributed by atoms with Gasteiger partial charge in [-0.2, -0.15) is 0 Å². The van der Waals surface area contributed by atoms with Crippen LogP contribution in [0.2, 0.25) is 0 Å². The summed E-state index contributed by atoms with van der Waals surface area (Å²) in [7, 11) is 0. The lowest BCUT2D eigenvalue weighted by atomic mass is 10.3.